The molecular formula is C17H21NO2S. The van der Waals surface area contributed by atoms with Crippen molar-refractivity contribution in [3.05, 3.63) is 46.7 Å². The molecule has 2 rings (SSSR count). The van der Waals surface area contributed by atoms with E-state index in [1.165, 1.54) is 11.1 Å². The summed E-state index contributed by atoms with van der Waals surface area (Å²) in [6, 6.07) is 10.3. The summed E-state index contributed by atoms with van der Waals surface area (Å²) < 4.78 is 5.19. The molecule has 0 aliphatic rings. The van der Waals surface area contributed by atoms with Crippen LogP contribution in [-0.4, -0.2) is 18.6 Å². The van der Waals surface area contributed by atoms with Gasteiger partial charge >= 0.3 is 5.97 Å². The quantitative estimate of drug-likeness (QED) is 0.826. The molecule has 0 aliphatic carbocycles. The van der Waals surface area contributed by atoms with Crippen molar-refractivity contribution in [3.63, 3.8) is 0 Å². The third-order valence-corrected chi connectivity index (χ3v) is 3.98. The summed E-state index contributed by atoms with van der Waals surface area (Å²) in [5.74, 6) is -0.185. The molecule has 0 aliphatic heterocycles. The Balaban J connectivity index is 2.06. The molecule has 21 heavy (non-hydrogen) atoms. The minimum atomic E-state index is -0.192. The van der Waals surface area contributed by atoms with Crippen molar-refractivity contribution in [2.45, 2.75) is 32.3 Å². The number of hydrogen-bond donors (Lipinski definition) is 1. The van der Waals surface area contributed by atoms with E-state index in [0.29, 0.717) is 13.0 Å². The molecule has 1 unspecified atom stereocenters. The van der Waals surface area contributed by atoms with E-state index in [0.717, 1.165) is 5.56 Å². The van der Waals surface area contributed by atoms with E-state index in [-0.39, 0.29) is 18.0 Å². The summed E-state index contributed by atoms with van der Waals surface area (Å²) >= 11 is 1.68. The highest BCUT2D eigenvalue weighted by Crippen LogP contribution is 2.26. The van der Waals surface area contributed by atoms with E-state index in [4.69, 9.17) is 10.5 Å². The first kappa shape index (κ1) is 15.7. The summed E-state index contributed by atoms with van der Waals surface area (Å²) in [5.41, 5.74) is 9.29. The lowest BCUT2D eigenvalue weighted by Crippen LogP contribution is -2.20. The van der Waals surface area contributed by atoms with Crippen LogP contribution in [0.2, 0.25) is 0 Å². The van der Waals surface area contributed by atoms with E-state index in [1.54, 1.807) is 11.3 Å². The van der Waals surface area contributed by atoms with Gasteiger partial charge in [-0.25, -0.2) is 0 Å². The predicted molar refractivity (Wildman–Crippen MR) is 87.4 cm³/mol. The Hall–Kier alpha value is -1.65. The number of hydrogen-bond acceptors (Lipinski definition) is 4. The van der Waals surface area contributed by atoms with Crippen LogP contribution in [0.25, 0.3) is 11.1 Å². The number of benzene rings is 1. The van der Waals surface area contributed by atoms with Crippen LogP contribution in [0.1, 0.15) is 31.7 Å². The van der Waals surface area contributed by atoms with Crippen LogP contribution >= 0.6 is 11.3 Å². The smallest absolute Gasteiger partial charge is 0.306 e. The van der Waals surface area contributed by atoms with Crippen molar-refractivity contribution >= 4 is 17.3 Å². The van der Waals surface area contributed by atoms with Gasteiger partial charge in [0.05, 0.1) is 12.5 Å². The maximum atomic E-state index is 11.8. The predicted octanol–water partition coefficient (Wildman–Crippen LogP) is 3.80. The lowest BCUT2D eigenvalue weighted by Gasteiger charge is -2.16. The average Bonchev–Trinajstić information content (AvgIpc) is 2.98. The van der Waals surface area contributed by atoms with Crippen molar-refractivity contribution in [2.24, 2.45) is 5.73 Å². The van der Waals surface area contributed by atoms with E-state index in [1.807, 2.05) is 26.0 Å². The molecular weight excluding hydrogens is 282 g/mol. The molecule has 1 heterocycles. The van der Waals surface area contributed by atoms with Crippen molar-refractivity contribution in [1.82, 2.24) is 0 Å². The number of carbonyl (C=O) groups is 1. The average molecular weight is 303 g/mol. The molecule has 0 radical (unpaired) electrons. The first-order chi connectivity index (χ1) is 10.1. The van der Waals surface area contributed by atoms with Gasteiger partial charge in [0.2, 0.25) is 0 Å². The van der Waals surface area contributed by atoms with Gasteiger partial charge in [0.15, 0.2) is 0 Å². The second-order valence-corrected chi connectivity index (χ2v) is 6.09. The Morgan fingerprint density at radius 2 is 1.90 bits per heavy atom. The normalized spacial score (nSPS) is 12.4. The molecule has 0 spiro atoms. The van der Waals surface area contributed by atoms with Gasteiger partial charge in [0, 0.05) is 5.92 Å². The number of thiophene rings is 1. The third-order valence-electron chi connectivity index (χ3n) is 3.30. The van der Waals surface area contributed by atoms with Crippen LogP contribution in [0.15, 0.2) is 41.1 Å². The zero-order chi connectivity index (χ0) is 15.2. The van der Waals surface area contributed by atoms with Gasteiger partial charge < -0.3 is 10.5 Å². The highest BCUT2D eigenvalue weighted by atomic mass is 32.1. The highest BCUT2D eigenvalue weighted by Gasteiger charge is 2.16. The maximum absolute atomic E-state index is 11.8. The first-order valence-corrected chi connectivity index (χ1v) is 8.06. The molecule has 1 aromatic carbocycles. The minimum absolute atomic E-state index is 0.00720. The molecule has 4 heteroatoms. The van der Waals surface area contributed by atoms with Crippen LogP contribution in [0.5, 0.6) is 0 Å². The Morgan fingerprint density at radius 3 is 2.43 bits per heavy atom. The Labute approximate surface area is 129 Å². The van der Waals surface area contributed by atoms with Crippen LogP contribution < -0.4 is 5.73 Å². The molecule has 2 N–H and O–H groups in total. The topological polar surface area (TPSA) is 52.3 Å². The maximum Gasteiger partial charge on any atom is 0.306 e. The van der Waals surface area contributed by atoms with E-state index < -0.39 is 0 Å². The number of carbonyl (C=O) groups excluding carboxylic acids is 1. The molecule has 3 nitrogen and oxygen atoms in total. The zero-order valence-electron chi connectivity index (χ0n) is 12.4. The third kappa shape index (κ3) is 4.41. The van der Waals surface area contributed by atoms with Gasteiger partial charge in [0.1, 0.15) is 0 Å². The molecule has 0 bridgehead atoms. The second kappa shape index (κ2) is 7.38. The standard InChI is InChI=1S/C17H21NO2S/c1-12(2)20-17(19)9-16(10-18)14-5-3-13(4-6-14)15-7-8-21-11-15/h3-8,11-12,16H,9-10,18H2,1-2H3. The lowest BCUT2D eigenvalue weighted by atomic mass is 9.94. The highest BCUT2D eigenvalue weighted by molar-refractivity contribution is 7.08. The van der Waals surface area contributed by atoms with Crippen molar-refractivity contribution in [3.8, 4) is 11.1 Å². The molecule has 1 atom stereocenters. The summed E-state index contributed by atoms with van der Waals surface area (Å²) in [5, 5.41) is 4.18. The Morgan fingerprint density at radius 1 is 1.19 bits per heavy atom. The number of esters is 1. The van der Waals surface area contributed by atoms with Crippen molar-refractivity contribution in [2.75, 3.05) is 6.54 Å². The lowest BCUT2D eigenvalue weighted by molar-refractivity contribution is -0.147. The van der Waals surface area contributed by atoms with Crippen molar-refractivity contribution < 1.29 is 9.53 Å². The molecule has 1 aromatic heterocycles. The number of ether oxygens (including phenoxy) is 1. The molecule has 0 saturated heterocycles. The SMILES string of the molecule is CC(C)OC(=O)CC(CN)c1ccc(-c2ccsc2)cc1. The van der Waals surface area contributed by atoms with Gasteiger partial charge in [-0.05, 0) is 53.9 Å². The van der Waals surface area contributed by atoms with Crippen LogP contribution in [0, 0.1) is 0 Å². The molecule has 2 aromatic rings. The fourth-order valence-corrected chi connectivity index (χ4v) is 2.89. The van der Waals surface area contributed by atoms with Crippen molar-refractivity contribution in [1.29, 1.82) is 0 Å². The largest absolute Gasteiger partial charge is 0.463 e. The monoisotopic (exact) mass is 303 g/mol. The van der Waals surface area contributed by atoms with Crippen LogP contribution in [0.4, 0.5) is 0 Å². The van der Waals surface area contributed by atoms with Gasteiger partial charge in [0.25, 0.3) is 0 Å². The van der Waals surface area contributed by atoms with E-state index in [2.05, 4.69) is 29.0 Å². The Bertz CT molecular complexity index is 561. The van der Waals surface area contributed by atoms with E-state index in [9.17, 15) is 4.79 Å². The van der Waals surface area contributed by atoms with Gasteiger partial charge in [-0.1, -0.05) is 24.3 Å². The summed E-state index contributed by atoms with van der Waals surface area (Å²) in [6.45, 7) is 4.14. The molecule has 0 amide bonds. The zero-order valence-corrected chi connectivity index (χ0v) is 13.2. The fourth-order valence-electron chi connectivity index (χ4n) is 2.23. The minimum Gasteiger partial charge on any atom is -0.463 e. The molecule has 0 saturated carbocycles. The van der Waals surface area contributed by atoms with Gasteiger partial charge in [-0.3, -0.25) is 4.79 Å². The number of nitrogens with two attached hydrogens (primary N) is 1. The van der Waals surface area contributed by atoms with Gasteiger partial charge in [-0.15, -0.1) is 0 Å². The van der Waals surface area contributed by atoms with Crippen LogP contribution in [0.3, 0.4) is 0 Å². The fraction of sp³-hybridized carbons (Fsp3) is 0.353. The van der Waals surface area contributed by atoms with Crippen LogP contribution in [-0.2, 0) is 9.53 Å². The summed E-state index contributed by atoms with van der Waals surface area (Å²) in [7, 11) is 0. The first-order valence-electron chi connectivity index (χ1n) is 7.12. The molecule has 112 valence electrons. The number of rotatable bonds is 6. The Kier molecular flexibility index (Phi) is 5.53. The van der Waals surface area contributed by atoms with Gasteiger partial charge in [-0.2, -0.15) is 11.3 Å². The van der Waals surface area contributed by atoms with E-state index >= 15 is 0 Å². The second-order valence-electron chi connectivity index (χ2n) is 5.31. The molecule has 0 fully saturated rings. The summed E-state index contributed by atoms with van der Waals surface area (Å²) in [4.78, 5) is 11.8. The summed E-state index contributed by atoms with van der Waals surface area (Å²) in [6.07, 6.45) is 0.240.